The lowest BCUT2D eigenvalue weighted by molar-refractivity contribution is -0.121. The van der Waals surface area contributed by atoms with E-state index in [9.17, 15) is 14.4 Å². The number of hydrogen-bond acceptors (Lipinski definition) is 4. The van der Waals surface area contributed by atoms with Crippen LogP contribution in [0.15, 0.2) is 24.3 Å². The number of aryl methyl sites for hydroxylation is 1. The average Bonchev–Trinajstić information content (AvgIpc) is 2.79. The summed E-state index contributed by atoms with van der Waals surface area (Å²) in [6, 6.07) is 7.11. The second-order valence-electron chi connectivity index (χ2n) is 6.20. The highest BCUT2D eigenvalue weighted by Gasteiger charge is 2.21. The van der Waals surface area contributed by atoms with Gasteiger partial charge in [-0.25, -0.2) is 4.79 Å². The van der Waals surface area contributed by atoms with Crippen LogP contribution in [-0.4, -0.2) is 66.9 Å². The number of hydrogen-bond donors (Lipinski definition) is 2. The van der Waals surface area contributed by atoms with E-state index in [1.807, 2.05) is 41.0 Å². The fourth-order valence-corrected chi connectivity index (χ4v) is 2.87. The van der Waals surface area contributed by atoms with Gasteiger partial charge in [-0.15, -0.1) is 0 Å². The van der Waals surface area contributed by atoms with Gasteiger partial charge in [-0.2, -0.15) is 0 Å². The number of benzene rings is 1. The van der Waals surface area contributed by atoms with Crippen LogP contribution in [0.1, 0.15) is 29.3 Å². The molecular formula is C18H26N4O3. The summed E-state index contributed by atoms with van der Waals surface area (Å²) in [6.07, 6.45) is 0.798. The maximum absolute atomic E-state index is 12.6. The summed E-state index contributed by atoms with van der Waals surface area (Å²) in [6.45, 7) is 6.96. The van der Waals surface area contributed by atoms with E-state index < -0.39 is 6.03 Å². The number of nitrogens with one attached hydrogen (secondary N) is 2. The maximum Gasteiger partial charge on any atom is 0.321 e. The highest BCUT2D eigenvalue weighted by Crippen LogP contribution is 2.11. The minimum Gasteiger partial charge on any atom is -0.338 e. The van der Waals surface area contributed by atoms with Crippen LogP contribution in [0.4, 0.5) is 4.79 Å². The standard InChI is InChI=1S/C18H26N4O3/c1-3-19-18(25)20-16(23)13-21-8-5-9-22(11-10-21)17(24)15-7-4-6-14(2)12-15/h4,6-7,12H,3,5,8-11,13H2,1-2H3,(H2,19,20,23,25). The van der Waals surface area contributed by atoms with Gasteiger partial charge in [0, 0.05) is 38.3 Å². The monoisotopic (exact) mass is 346 g/mol. The number of amides is 4. The zero-order chi connectivity index (χ0) is 18.2. The lowest BCUT2D eigenvalue weighted by Crippen LogP contribution is -2.45. The van der Waals surface area contributed by atoms with Gasteiger partial charge in [0.2, 0.25) is 5.91 Å². The Kier molecular flexibility index (Phi) is 6.94. The largest absolute Gasteiger partial charge is 0.338 e. The molecule has 1 heterocycles. The van der Waals surface area contributed by atoms with Crippen molar-refractivity contribution < 1.29 is 14.4 Å². The van der Waals surface area contributed by atoms with Crippen molar-refractivity contribution in [3.63, 3.8) is 0 Å². The topological polar surface area (TPSA) is 81.8 Å². The summed E-state index contributed by atoms with van der Waals surface area (Å²) < 4.78 is 0. The van der Waals surface area contributed by atoms with E-state index in [2.05, 4.69) is 10.6 Å². The quantitative estimate of drug-likeness (QED) is 0.852. The Labute approximate surface area is 148 Å². The molecule has 0 atom stereocenters. The molecule has 2 rings (SSSR count). The molecule has 1 saturated heterocycles. The number of carbonyl (C=O) groups excluding carboxylic acids is 3. The summed E-state index contributed by atoms with van der Waals surface area (Å²) in [7, 11) is 0. The number of carbonyl (C=O) groups is 3. The van der Waals surface area contributed by atoms with Crippen LogP contribution in [0.2, 0.25) is 0 Å². The van der Waals surface area contributed by atoms with E-state index in [1.165, 1.54) is 0 Å². The maximum atomic E-state index is 12.6. The predicted octanol–water partition coefficient (Wildman–Crippen LogP) is 0.989. The van der Waals surface area contributed by atoms with Crippen molar-refractivity contribution in [3.05, 3.63) is 35.4 Å². The Balaban J connectivity index is 1.86. The van der Waals surface area contributed by atoms with Crippen LogP contribution in [0.5, 0.6) is 0 Å². The summed E-state index contributed by atoms with van der Waals surface area (Å²) in [5.74, 6) is -0.304. The molecule has 0 unspecified atom stereocenters. The molecule has 0 bridgehead atoms. The van der Waals surface area contributed by atoms with Gasteiger partial charge in [-0.3, -0.25) is 19.8 Å². The summed E-state index contributed by atoms with van der Waals surface area (Å²) in [4.78, 5) is 39.7. The fraction of sp³-hybridized carbons (Fsp3) is 0.500. The molecule has 2 N–H and O–H groups in total. The fourth-order valence-electron chi connectivity index (χ4n) is 2.87. The van der Waals surface area contributed by atoms with Crippen molar-refractivity contribution in [1.82, 2.24) is 20.4 Å². The molecular weight excluding hydrogens is 320 g/mol. The molecule has 1 aromatic rings. The third-order valence-electron chi connectivity index (χ3n) is 4.10. The first kappa shape index (κ1) is 18.9. The molecule has 7 heteroatoms. The molecule has 7 nitrogen and oxygen atoms in total. The molecule has 136 valence electrons. The summed E-state index contributed by atoms with van der Waals surface area (Å²) >= 11 is 0. The third kappa shape index (κ3) is 5.86. The molecule has 1 aromatic carbocycles. The zero-order valence-corrected chi connectivity index (χ0v) is 14.9. The molecule has 1 aliphatic heterocycles. The van der Waals surface area contributed by atoms with Crippen molar-refractivity contribution in [2.45, 2.75) is 20.3 Å². The van der Waals surface area contributed by atoms with E-state index in [0.29, 0.717) is 31.7 Å². The molecule has 0 radical (unpaired) electrons. The Morgan fingerprint density at radius 2 is 1.92 bits per heavy atom. The number of urea groups is 1. The van der Waals surface area contributed by atoms with Crippen LogP contribution in [0, 0.1) is 6.92 Å². The first-order chi connectivity index (χ1) is 12.0. The molecule has 0 spiro atoms. The molecule has 0 aliphatic carbocycles. The van der Waals surface area contributed by atoms with E-state index >= 15 is 0 Å². The minimum absolute atomic E-state index is 0.0253. The molecule has 4 amide bonds. The van der Waals surface area contributed by atoms with Gasteiger partial charge < -0.3 is 10.2 Å². The van der Waals surface area contributed by atoms with Crippen molar-refractivity contribution >= 4 is 17.8 Å². The normalized spacial score (nSPS) is 15.4. The molecule has 1 fully saturated rings. The SMILES string of the molecule is CCNC(=O)NC(=O)CN1CCCN(C(=O)c2cccc(C)c2)CC1. The van der Waals surface area contributed by atoms with Gasteiger partial charge in [0.25, 0.3) is 5.91 Å². The average molecular weight is 346 g/mol. The second kappa shape index (κ2) is 9.17. The number of rotatable bonds is 4. The first-order valence-electron chi connectivity index (χ1n) is 8.65. The van der Waals surface area contributed by atoms with Crippen molar-refractivity contribution in [3.8, 4) is 0 Å². The predicted molar refractivity (Wildman–Crippen MR) is 95.4 cm³/mol. The number of nitrogens with zero attached hydrogens (tertiary/aromatic N) is 2. The van der Waals surface area contributed by atoms with E-state index in [1.54, 1.807) is 6.92 Å². The Morgan fingerprint density at radius 3 is 2.64 bits per heavy atom. The lowest BCUT2D eigenvalue weighted by atomic mass is 10.1. The summed E-state index contributed by atoms with van der Waals surface area (Å²) in [5.41, 5.74) is 1.76. The van der Waals surface area contributed by atoms with E-state index in [0.717, 1.165) is 18.5 Å². The van der Waals surface area contributed by atoms with Gasteiger partial charge in [0.05, 0.1) is 6.54 Å². The summed E-state index contributed by atoms with van der Waals surface area (Å²) in [5, 5.41) is 4.83. The van der Waals surface area contributed by atoms with Crippen LogP contribution < -0.4 is 10.6 Å². The molecule has 0 aromatic heterocycles. The first-order valence-corrected chi connectivity index (χ1v) is 8.65. The van der Waals surface area contributed by atoms with Crippen LogP contribution >= 0.6 is 0 Å². The van der Waals surface area contributed by atoms with Crippen molar-refractivity contribution in [1.29, 1.82) is 0 Å². The van der Waals surface area contributed by atoms with Crippen molar-refractivity contribution in [2.24, 2.45) is 0 Å². The van der Waals surface area contributed by atoms with Crippen molar-refractivity contribution in [2.75, 3.05) is 39.3 Å². The smallest absolute Gasteiger partial charge is 0.321 e. The van der Waals surface area contributed by atoms with Crippen LogP contribution in [-0.2, 0) is 4.79 Å². The van der Waals surface area contributed by atoms with Crippen LogP contribution in [0.25, 0.3) is 0 Å². The molecule has 25 heavy (non-hydrogen) atoms. The van der Waals surface area contributed by atoms with Crippen LogP contribution in [0.3, 0.4) is 0 Å². The highest BCUT2D eigenvalue weighted by atomic mass is 16.2. The van der Waals surface area contributed by atoms with E-state index in [-0.39, 0.29) is 18.4 Å². The van der Waals surface area contributed by atoms with Gasteiger partial charge in [0.1, 0.15) is 0 Å². The Hall–Kier alpha value is -2.41. The Bertz CT molecular complexity index is 633. The second-order valence-corrected chi connectivity index (χ2v) is 6.20. The van der Waals surface area contributed by atoms with Gasteiger partial charge >= 0.3 is 6.03 Å². The third-order valence-corrected chi connectivity index (χ3v) is 4.10. The van der Waals surface area contributed by atoms with E-state index in [4.69, 9.17) is 0 Å². The van der Waals surface area contributed by atoms with Gasteiger partial charge in [-0.1, -0.05) is 17.7 Å². The molecule has 0 saturated carbocycles. The highest BCUT2D eigenvalue weighted by molar-refractivity contribution is 5.95. The van der Waals surface area contributed by atoms with Gasteiger partial charge in [0.15, 0.2) is 0 Å². The van der Waals surface area contributed by atoms with Gasteiger partial charge in [-0.05, 0) is 32.4 Å². The number of imide groups is 1. The molecule has 1 aliphatic rings. The lowest BCUT2D eigenvalue weighted by Gasteiger charge is -2.22. The Morgan fingerprint density at radius 1 is 1.12 bits per heavy atom. The zero-order valence-electron chi connectivity index (χ0n) is 14.9. The minimum atomic E-state index is -0.474.